The van der Waals surface area contributed by atoms with Gasteiger partial charge in [-0.25, -0.2) is 4.79 Å². The summed E-state index contributed by atoms with van der Waals surface area (Å²) in [7, 11) is 0. The highest BCUT2D eigenvalue weighted by Gasteiger charge is 2.67. The number of rotatable bonds is 6. The summed E-state index contributed by atoms with van der Waals surface area (Å²) in [6.45, 7) is 9.40. The van der Waals surface area contributed by atoms with Crippen LogP contribution in [-0.4, -0.2) is 30.8 Å². The summed E-state index contributed by atoms with van der Waals surface area (Å²) >= 11 is 0. The molecule has 0 saturated heterocycles. The Balaban J connectivity index is 1.90. The molecule has 110 valence electrons. The largest absolute Gasteiger partial charge is 0.461 e. The molecule has 2 aliphatic rings. The highest BCUT2D eigenvalue weighted by Crippen LogP contribution is 2.62. The molecule has 1 amide bonds. The number of hydrogen-bond donors (Lipinski definition) is 1. The first-order valence-electron chi connectivity index (χ1n) is 6.87. The minimum atomic E-state index is -0.460. The van der Waals surface area contributed by atoms with E-state index in [0.717, 1.165) is 12.8 Å². The Hall–Kier alpha value is -1.78. The van der Waals surface area contributed by atoms with Gasteiger partial charge in [-0.15, -0.1) is 0 Å². The van der Waals surface area contributed by atoms with E-state index < -0.39 is 6.09 Å². The van der Waals surface area contributed by atoms with Crippen molar-refractivity contribution in [2.45, 2.75) is 25.3 Å². The average Bonchev–Trinajstić information content (AvgIpc) is 3.07. The van der Waals surface area contributed by atoms with Crippen LogP contribution in [0.1, 0.15) is 19.8 Å². The smallest absolute Gasteiger partial charge is 0.407 e. The summed E-state index contributed by atoms with van der Waals surface area (Å²) in [5.41, 5.74) is -0.388. The van der Waals surface area contributed by atoms with Gasteiger partial charge in [-0.1, -0.05) is 25.3 Å². The minimum Gasteiger partial charge on any atom is -0.461 e. The monoisotopic (exact) mass is 279 g/mol. The predicted octanol–water partition coefficient (Wildman–Crippen LogP) is 2.04. The lowest BCUT2D eigenvalue weighted by atomic mass is 9.93. The van der Waals surface area contributed by atoms with Gasteiger partial charge in [0.2, 0.25) is 0 Å². The Morgan fingerprint density at radius 2 is 1.95 bits per heavy atom. The Morgan fingerprint density at radius 1 is 1.30 bits per heavy atom. The van der Waals surface area contributed by atoms with E-state index in [4.69, 9.17) is 9.47 Å². The van der Waals surface area contributed by atoms with Crippen molar-refractivity contribution >= 4 is 12.1 Å². The van der Waals surface area contributed by atoms with E-state index in [1.807, 2.05) is 6.92 Å². The molecular formula is C15H21NO4. The van der Waals surface area contributed by atoms with E-state index in [1.165, 1.54) is 6.08 Å². The third kappa shape index (κ3) is 2.71. The van der Waals surface area contributed by atoms with Gasteiger partial charge in [-0.3, -0.25) is 4.79 Å². The third-order valence-corrected chi connectivity index (χ3v) is 4.24. The lowest BCUT2D eigenvalue weighted by Crippen LogP contribution is -2.47. The van der Waals surface area contributed by atoms with Gasteiger partial charge in [0, 0.05) is 5.54 Å². The normalized spacial score (nSPS) is 33.8. The highest BCUT2D eigenvalue weighted by molar-refractivity contribution is 5.78. The van der Waals surface area contributed by atoms with Crippen molar-refractivity contribution in [1.29, 1.82) is 0 Å². The van der Waals surface area contributed by atoms with Crippen LogP contribution < -0.4 is 5.32 Å². The van der Waals surface area contributed by atoms with E-state index in [0.29, 0.717) is 5.92 Å². The van der Waals surface area contributed by atoms with E-state index >= 15 is 0 Å². The molecule has 2 aliphatic carbocycles. The molecule has 0 heterocycles. The first kappa shape index (κ1) is 14.6. The van der Waals surface area contributed by atoms with Gasteiger partial charge in [0.05, 0.1) is 5.92 Å². The molecule has 0 aromatic heterocycles. The number of esters is 1. The summed E-state index contributed by atoms with van der Waals surface area (Å²) in [4.78, 5) is 23.6. The van der Waals surface area contributed by atoms with E-state index in [1.54, 1.807) is 6.08 Å². The fraction of sp³-hybridized carbons (Fsp3) is 0.600. The zero-order chi connectivity index (χ0) is 14.8. The second-order valence-electron chi connectivity index (χ2n) is 5.60. The summed E-state index contributed by atoms with van der Waals surface area (Å²) in [5.74, 6) is 0.175. The molecule has 2 saturated carbocycles. The molecule has 0 bridgehead atoms. The van der Waals surface area contributed by atoms with Gasteiger partial charge in [-0.2, -0.15) is 0 Å². The van der Waals surface area contributed by atoms with Crippen LogP contribution in [0.4, 0.5) is 4.79 Å². The lowest BCUT2D eigenvalue weighted by molar-refractivity contribution is -0.145. The fourth-order valence-corrected chi connectivity index (χ4v) is 3.34. The second-order valence-corrected chi connectivity index (χ2v) is 5.60. The van der Waals surface area contributed by atoms with Crippen LogP contribution in [0.5, 0.6) is 0 Å². The molecule has 0 aliphatic heterocycles. The second kappa shape index (κ2) is 5.69. The number of hydrogen-bond acceptors (Lipinski definition) is 4. The van der Waals surface area contributed by atoms with Crippen LogP contribution in [0, 0.1) is 17.8 Å². The molecule has 0 aromatic carbocycles. The Morgan fingerprint density at radius 3 is 2.60 bits per heavy atom. The Kier molecular flexibility index (Phi) is 4.16. The summed E-state index contributed by atoms with van der Waals surface area (Å²) < 4.78 is 10.0. The molecule has 2 fully saturated rings. The number of carbonyl (C=O) groups excluding carboxylic acids is 2. The van der Waals surface area contributed by atoms with Crippen molar-refractivity contribution in [1.82, 2.24) is 5.32 Å². The maximum absolute atomic E-state index is 11.9. The Bertz CT molecular complexity index is 434. The average molecular weight is 279 g/mol. The fourth-order valence-electron chi connectivity index (χ4n) is 3.34. The molecule has 5 nitrogen and oxygen atoms in total. The van der Waals surface area contributed by atoms with Crippen LogP contribution >= 0.6 is 0 Å². The standard InChI is InChI=1S/C15H21NO4/c1-4-8-19-13(17)11-10-6-7-15(3,12(10)11)16-14(18)20-9-5-2/h4-5,10-12H,1-2,6-9H2,3H3,(H,16,18). The summed E-state index contributed by atoms with van der Waals surface area (Å²) in [6.07, 6.45) is 4.40. The molecule has 5 heteroatoms. The Labute approximate surface area is 119 Å². The number of alkyl carbamates (subject to hydrolysis) is 1. The lowest BCUT2D eigenvalue weighted by Gasteiger charge is -2.28. The van der Waals surface area contributed by atoms with Crippen LogP contribution in [0.25, 0.3) is 0 Å². The van der Waals surface area contributed by atoms with Gasteiger partial charge in [0.25, 0.3) is 0 Å². The van der Waals surface area contributed by atoms with Gasteiger partial charge >= 0.3 is 12.1 Å². The first-order valence-corrected chi connectivity index (χ1v) is 6.87. The summed E-state index contributed by atoms with van der Waals surface area (Å²) in [5, 5.41) is 2.89. The molecule has 0 spiro atoms. The van der Waals surface area contributed by atoms with Gasteiger partial charge < -0.3 is 14.8 Å². The first-order chi connectivity index (χ1) is 9.53. The highest BCUT2D eigenvalue weighted by atomic mass is 16.5. The maximum Gasteiger partial charge on any atom is 0.407 e. The van der Waals surface area contributed by atoms with Crippen molar-refractivity contribution in [3.05, 3.63) is 25.3 Å². The molecule has 20 heavy (non-hydrogen) atoms. The molecule has 0 radical (unpaired) electrons. The van der Waals surface area contributed by atoms with Gasteiger partial charge in [-0.05, 0) is 31.6 Å². The van der Waals surface area contributed by atoms with E-state index in [2.05, 4.69) is 18.5 Å². The van der Waals surface area contributed by atoms with Crippen LogP contribution in [-0.2, 0) is 14.3 Å². The van der Waals surface area contributed by atoms with Gasteiger partial charge in [0.15, 0.2) is 0 Å². The van der Waals surface area contributed by atoms with Crippen LogP contribution in [0.3, 0.4) is 0 Å². The summed E-state index contributed by atoms with van der Waals surface area (Å²) in [6, 6.07) is 0. The molecule has 0 aromatic rings. The van der Waals surface area contributed by atoms with Crippen molar-refractivity contribution in [3.8, 4) is 0 Å². The zero-order valence-electron chi connectivity index (χ0n) is 11.8. The maximum atomic E-state index is 11.9. The number of amides is 1. The van der Waals surface area contributed by atoms with Crippen molar-refractivity contribution < 1.29 is 19.1 Å². The number of nitrogens with one attached hydrogen (secondary N) is 1. The predicted molar refractivity (Wildman–Crippen MR) is 73.9 cm³/mol. The SMILES string of the molecule is C=CCOC(=O)NC1(C)CCC2C(C(=O)OCC=C)C21. The number of fused-ring (bicyclic) bond motifs is 1. The molecule has 1 N–H and O–H groups in total. The van der Waals surface area contributed by atoms with E-state index in [9.17, 15) is 9.59 Å². The van der Waals surface area contributed by atoms with Crippen molar-refractivity contribution in [3.63, 3.8) is 0 Å². The topological polar surface area (TPSA) is 64.6 Å². The molecular weight excluding hydrogens is 258 g/mol. The third-order valence-electron chi connectivity index (χ3n) is 4.24. The molecule has 4 atom stereocenters. The van der Waals surface area contributed by atoms with Crippen LogP contribution in [0.15, 0.2) is 25.3 Å². The van der Waals surface area contributed by atoms with Gasteiger partial charge in [0.1, 0.15) is 13.2 Å². The van der Waals surface area contributed by atoms with Crippen LogP contribution in [0.2, 0.25) is 0 Å². The number of carbonyl (C=O) groups is 2. The number of ether oxygens (including phenoxy) is 2. The zero-order valence-corrected chi connectivity index (χ0v) is 11.8. The molecule has 4 unspecified atom stereocenters. The van der Waals surface area contributed by atoms with E-state index in [-0.39, 0.29) is 36.6 Å². The van der Waals surface area contributed by atoms with Crippen molar-refractivity contribution in [2.75, 3.05) is 13.2 Å². The minimum absolute atomic E-state index is 0.103. The molecule has 2 rings (SSSR count). The quantitative estimate of drug-likeness (QED) is 0.597. The van der Waals surface area contributed by atoms with Crippen molar-refractivity contribution in [2.24, 2.45) is 17.8 Å².